The zero-order valence-corrected chi connectivity index (χ0v) is 17.6. The second kappa shape index (κ2) is 12.3. The molecular weight excluding hydrogens is 439 g/mol. The van der Waals surface area contributed by atoms with Gasteiger partial charge in [0.1, 0.15) is 0 Å². The number of guanidine groups is 1. The predicted octanol–water partition coefficient (Wildman–Crippen LogP) is 2.96. The van der Waals surface area contributed by atoms with Crippen LogP contribution < -0.4 is 16.0 Å². The van der Waals surface area contributed by atoms with Gasteiger partial charge in [0.15, 0.2) is 5.96 Å². The van der Waals surface area contributed by atoms with Gasteiger partial charge in [-0.1, -0.05) is 42.5 Å². The molecule has 26 heavy (non-hydrogen) atoms. The van der Waals surface area contributed by atoms with Crippen molar-refractivity contribution in [2.45, 2.75) is 19.9 Å². The highest BCUT2D eigenvalue weighted by Crippen LogP contribution is 2.05. The van der Waals surface area contributed by atoms with E-state index < -0.39 is 0 Å². The summed E-state index contributed by atoms with van der Waals surface area (Å²) in [6, 6.07) is 18.0. The van der Waals surface area contributed by atoms with E-state index in [1.165, 1.54) is 5.56 Å². The smallest absolute Gasteiger partial charge is 0.251 e. The molecule has 1 amide bonds. The van der Waals surface area contributed by atoms with Gasteiger partial charge < -0.3 is 16.0 Å². The van der Waals surface area contributed by atoms with Crippen LogP contribution in [0.25, 0.3) is 0 Å². The van der Waals surface area contributed by atoms with E-state index in [4.69, 9.17) is 0 Å². The summed E-state index contributed by atoms with van der Waals surface area (Å²) in [5.41, 5.74) is 3.00. The van der Waals surface area contributed by atoms with Crippen molar-refractivity contribution in [2.24, 2.45) is 4.99 Å². The van der Waals surface area contributed by atoms with Crippen molar-refractivity contribution < 1.29 is 4.79 Å². The van der Waals surface area contributed by atoms with Gasteiger partial charge in [-0.25, -0.2) is 0 Å². The molecule has 0 radical (unpaired) electrons. The van der Waals surface area contributed by atoms with Crippen LogP contribution in [0, 0.1) is 0 Å². The van der Waals surface area contributed by atoms with E-state index >= 15 is 0 Å². The fraction of sp³-hybridized carbons (Fsp3) is 0.300. The summed E-state index contributed by atoms with van der Waals surface area (Å²) in [4.78, 5) is 16.1. The molecule has 6 heteroatoms. The van der Waals surface area contributed by atoms with Crippen molar-refractivity contribution >= 4 is 35.8 Å². The second-order valence-electron chi connectivity index (χ2n) is 5.65. The van der Waals surface area contributed by atoms with Gasteiger partial charge in [0.05, 0.1) is 0 Å². The SMILES string of the molecule is CCNC(=O)c1cccc(CNC(=NC)NCCc2ccccc2)c1.I. The number of rotatable bonds is 7. The Bertz CT molecular complexity index is 704. The lowest BCUT2D eigenvalue weighted by atomic mass is 10.1. The van der Waals surface area contributed by atoms with Gasteiger partial charge in [-0.05, 0) is 36.6 Å². The Morgan fingerprint density at radius 2 is 1.69 bits per heavy atom. The summed E-state index contributed by atoms with van der Waals surface area (Å²) in [7, 11) is 1.75. The lowest BCUT2D eigenvalue weighted by molar-refractivity contribution is 0.0955. The van der Waals surface area contributed by atoms with Gasteiger partial charge >= 0.3 is 0 Å². The maximum atomic E-state index is 11.9. The van der Waals surface area contributed by atoms with Crippen LogP contribution in [0.5, 0.6) is 0 Å². The minimum atomic E-state index is -0.0466. The summed E-state index contributed by atoms with van der Waals surface area (Å²) < 4.78 is 0. The topological polar surface area (TPSA) is 65.5 Å². The van der Waals surface area contributed by atoms with Gasteiger partial charge in [-0.2, -0.15) is 0 Å². The van der Waals surface area contributed by atoms with Crippen LogP contribution in [-0.2, 0) is 13.0 Å². The third-order valence-electron chi connectivity index (χ3n) is 3.76. The summed E-state index contributed by atoms with van der Waals surface area (Å²) in [6.07, 6.45) is 0.939. The highest BCUT2D eigenvalue weighted by Gasteiger charge is 2.05. The zero-order valence-electron chi connectivity index (χ0n) is 15.3. The Hall–Kier alpha value is -2.09. The maximum absolute atomic E-state index is 11.9. The first-order valence-corrected chi connectivity index (χ1v) is 8.58. The quantitative estimate of drug-likeness (QED) is 0.334. The monoisotopic (exact) mass is 466 g/mol. The van der Waals surface area contributed by atoms with Gasteiger partial charge in [-0.15, -0.1) is 24.0 Å². The van der Waals surface area contributed by atoms with Gasteiger partial charge in [-0.3, -0.25) is 9.79 Å². The standard InChI is InChI=1S/C20H26N4O.HI/c1-3-22-19(25)18-11-7-10-17(14-18)15-24-20(21-2)23-13-12-16-8-5-4-6-9-16;/h4-11,14H,3,12-13,15H2,1-2H3,(H,22,25)(H2,21,23,24);1H. The number of halogens is 1. The molecule has 0 aliphatic carbocycles. The molecule has 0 saturated carbocycles. The molecule has 140 valence electrons. The average molecular weight is 466 g/mol. The number of carbonyl (C=O) groups is 1. The minimum absolute atomic E-state index is 0. The third kappa shape index (κ3) is 7.43. The predicted molar refractivity (Wildman–Crippen MR) is 118 cm³/mol. The van der Waals surface area contributed by atoms with Crippen molar-refractivity contribution in [3.63, 3.8) is 0 Å². The number of amides is 1. The first-order chi connectivity index (χ1) is 12.2. The minimum Gasteiger partial charge on any atom is -0.356 e. The summed E-state index contributed by atoms with van der Waals surface area (Å²) >= 11 is 0. The largest absolute Gasteiger partial charge is 0.356 e. The number of benzene rings is 2. The molecule has 0 spiro atoms. The molecule has 0 unspecified atom stereocenters. The molecule has 0 aromatic heterocycles. The number of hydrogen-bond donors (Lipinski definition) is 3. The van der Waals surface area contributed by atoms with Crippen molar-refractivity contribution in [3.8, 4) is 0 Å². The van der Waals surface area contributed by atoms with Crippen LogP contribution in [-0.4, -0.2) is 32.0 Å². The maximum Gasteiger partial charge on any atom is 0.251 e. The van der Waals surface area contributed by atoms with Crippen LogP contribution in [0.15, 0.2) is 59.6 Å². The summed E-state index contributed by atoms with van der Waals surface area (Å²) in [5.74, 6) is 0.703. The van der Waals surface area contributed by atoms with Crippen molar-refractivity contribution in [2.75, 3.05) is 20.1 Å². The number of aliphatic imine (C=N–C) groups is 1. The molecule has 2 rings (SSSR count). The molecule has 0 fully saturated rings. The van der Waals surface area contributed by atoms with E-state index in [1.54, 1.807) is 7.05 Å². The lowest BCUT2D eigenvalue weighted by Gasteiger charge is -2.12. The average Bonchev–Trinajstić information content (AvgIpc) is 2.66. The van der Waals surface area contributed by atoms with Gasteiger partial charge in [0.25, 0.3) is 5.91 Å². The van der Waals surface area contributed by atoms with E-state index in [9.17, 15) is 4.79 Å². The van der Waals surface area contributed by atoms with E-state index in [0.717, 1.165) is 24.5 Å². The van der Waals surface area contributed by atoms with Crippen molar-refractivity contribution in [1.29, 1.82) is 0 Å². The van der Waals surface area contributed by atoms with E-state index in [2.05, 4.69) is 33.1 Å². The van der Waals surface area contributed by atoms with Gasteiger partial charge in [0.2, 0.25) is 0 Å². The number of nitrogens with zero attached hydrogens (tertiary/aromatic N) is 1. The van der Waals surface area contributed by atoms with Crippen LogP contribution in [0.1, 0.15) is 28.4 Å². The summed E-state index contributed by atoms with van der Waals surface area (Å²) in [5, 5.41) is 9.40. The lowest BCUT2D eigenvalue weighted by Crippen LogP contribution is -2.37. The first-order valence-electron chi connectivity index (χ1n) is 8.58. The molecule has 3 N–H and O–H groups in total. The molecule has 0 aliphatic heterocycles. The molecule has 2 aromatic rings. The van der Waals surface area contributed by atoms with E-state index in [0.29, 0.717) is 18.7 Å². The van der Waals surface area contributed by atoms with Crippen LogP contribution >= 0.6 is 24.0 Å². The Labute approximate surface area is 172 Å². The molecule has 0 heterocycles. The molecule has 0 saturated heterocycles. The molecule has 0 aliphatic rings. The fourth-order valence-corrected chi connectivity index (χ4v) is 2.46. The Kier molecular flexibility index (Phi) is 10.4. The Balaban J connectivity index is 0.00000338. The third-order valence-corrected chi connectivity index (χ3v) is 3.76. The van der Waals surface area contributed by atoms with Crippen molar-refractivity contribution in [1.82, 2.24) is 16.0 Å². The Morgan fingerprint density at radius 1 is 0.962 bits per heavy atom. The molecule has 0 bridgehead atoms. The van der Waals surface area contributed by atoms with Crippen LogP contribution in [0.3, 0.4) is 0 Å². The zero-order chi connectivity index (χ0) is 17.9. The fourth-order valence-electron chi connectivity index (χ4n) is 2.46. The van der Waals surface area contributed by atoms with Crippen LogP contribution in [0.2, 0.25) is 0 Å². The summed E-state index contributed by atoms with van der Waals surface area (Å²) in [6.45, 7) is 3.95. The van der Waals surface area contributed by atoms with E-state index in [1.807, 2.05) is 49.4 Å². The molecule has 0 atom stereocenters. The number of hydrogen-bond acceptors (Lipinski definition) is 2. The highest BCUT2D eigenvalue weighted by atomic mass is 127. The molecular formula is C20H27IN4O. The first kappa shape index (κ1) is 22.0. The number of nitrogens with one attached hydrogen (secondary N) is 3. The van der Waals surface area contributed by atoms with Gasteiger partial charge in [0, 0.05) is 32.2 Å². The molecule has 2 aromatic carbocycles. The normalized spacial score (nSPS) is 10.6. The van der Waals surface area contributed by atoms with Crippen LogP contribution in [0.4, 0.5) is 0 Å². The van der Waals surface area contributed by atoms with Crippen molar-refractivity contribution in [3.05, 3.63) is 71.3 Å². The number of carbonyl (C=O) groups excluding carboxylic acids is 1. The van der Waals surface area contributed by atoms with E-state index in [-0.39, 0.29) is 29.9 Å². The Morgan fingerprint density at radius 3 is 2.38 bits per heavy atom. The second-order valence-corrected chi connectivity index (χ2v) is 5.65. The highest BCUT2D eigenvalue weighted by molar-refractivity contribution is 14.0. The molecule has 5 nitrogen and oxygen atoms in total.